The molecule has 0 aromatic heterocycles. The summed E-state index contributed by atoms with van der Waals surface area (Å²) < 4.78 is 0. The molecule has 0 aliphatic heterocycles. The molecule has 2 saturated carbocycles. The lowest BCUT2D eigenvalue weighted by Crippen LogP contribution is -1.92. The number of benzene rings is 1. The summed E-state index contributed by atoms with van der Waals surface area (Å²) >= 11 is 0. The maximum absolute atomic E-state index is 9.01. The van der Waals surface area contributed by atoms with Crippen LogP contribution in [0, 0.1) is 17.8 Å². The summed E-state index contributed by atoms with van der Waals surface area (Å²) in [6, 6.07) is 10.8. The molecule has 1 N–H and O–H groups in total. The molecule has 1 nitrogen and oxygen atoms in total. The third-order valence-corrected chi connectivity index (χ3v) is 3.83. The highest BCUT2D eigenvalue weighted by Crippen LogP contribution is 2.61. The predicted octanol–water partition coefficient (Wildman–Crippen LogP) is 2.42. The molecule has 2 aliphatic carbocycles. The van der Waals surface area contributed by atoms with Crippen molar-refractivity contribution in [3.8, 4) is 0 Å². The molecule has 0 unspecified atom stereocenters. The molecule has 2 fully saturated rings. The van der Waals surface area contributed by atoms with Crippen LogP contribution in [0.2, 0.25) is 0 Å². The van der Waals surface area contributed by atoms with E-state index in [2.05, 4.69) is 30.3 Å². The lowest BCUT2D eigenvalue weighted by molar-refractivity contribution is 0.266. The first-order valence-electron chi connectivity index (χ1n) is 5.56. The molecule has 2 aliphatic rings. The second-order valence-electron chi connectivity index (χ2n) is 4.76. The van der Waals surface area contributed by atoms with Crippen molar-refractivity contribution in [2.24, 2.45) is 17.8 Å². The Morgan fingerprint density at radius 3 is 2.50 bits per heavy atom. The van der Waals surface area contributed by atoms with E-state index in [1.54, 1.807) is 0 Å². The quantitative estimate of drug-likeness (QED) is 0.772. The molecule has 0 heterocycles. The first-order valence-corrected chi connectivity index (χ1v) is 5.56. The Kier molecular flexibility index (Phi) is 1.88. The monoisotopic (exact) mass is 188 g/mol. The van der Waals surface area contributed by atoms with Gasteiger partial charge in [0.15, 0.2) is 0 Å². The van der Waals surface area contributed by atoms with Crippen LogP contribution in [-0.2, 0) is 0 Å². The minimum atomic E-state index is 0.405. The Morgan fingerprint density at radius 2 is 1.86 bits per heavy atom. The van der Waals surface area contributed by atoms with Gasteiger partial charge >= 0.3 is 0 Å². The maximum atomic E-state index is 9.01. The van der Waals surface area contributed by atoms with Crippen molar-refractivity contribution in [2.45, 2.75) is 18.8 Å². The smallest absolute Gasteiger partial charge is 0.0462 e. The highest BCUT2D eigenvalue weighted by atomic mass is 16.3. The van der Waals surface area contributed by atoms with Crippen molar-refractivity contribution in [1.82, 2.24) is 0 Å². The van der Waals surface area contributed by atoms with Gasteiger partial charge < -0.3 is 5.11 Å². The van der Waals surface area contributed by atoms with Crippen molar-refractivity contribution in [2.75, 3.05) is 6.61 Å². The van der Waals surface area contributed by atoms with Crippen molar-refractivity contribution in [3.05, 3.63) is 35.9 Å². The van der Waals surface area contributed by atoms with E-state index in [1.807, 2.05) is 0 Å². The number of rotatable bonds is 3. The second kappa shape index (κ2) is 3.09. The molecule has 0 saturated heterocycles. The SMILES string of the molecule is OC[C@@H]1C[C@@H]1[C@H]1C[C@H]1c1ccccc1. The molecule has 1 heteroatoms. The zero-order valence-electron chi connectivity index (χ0n) is 8.26. The van der Waals surface area contributed by atoms with Crippen molar-refractivity contribution in [1.29, 1.82) is 0 Å². The minimum absolute atomic E-state index is 0.405. The van der Waals surface area contributed by atoms with E-state index in [-0.39, 0.29) is 0 Å². The molecule has 3 rings (SSSR count). The van der Waals surface area contributed by atoms with Crippen LogP contribution in [0.3, 0.4) is 0 Å². The van der Waals surface area contributed by atoms with Crippen molar-refractivity contribution in [3.63, 3.8) is 0 Å². The summed E-state index contributed by atoms with van der Waals surface area (Å²) in [5, 5.41) is 9.01. The highest BCUT2D eigenvalue weighted by Gasteiger charge is 2.53. The Bertz CT molecular complexity index is 319. The third-order valence-electron chi connectivity index (χ3n) is 3.83. The van der Waals surface area contributed by atoms with Crippen molar-refractivity contribution < 1.29 is 5.11 Å². The van der Waals surface area contributed by atoms with Crippen LogP contribution in [0.1, 0.15) is 24.3 Å². The van der Waals surface area contributed by atoms with Crippen LogP contribution in [0.4, 0.5) is 0 Å². The Hall–Kier alpha value is -0.820. The fourth-order valence-electron chi connectivity index (χ4n) is 2.78. The van der Waals surface area contributed by atoms with Crippen LogP contribution in [-0.4, -0.2) is 11.7 Å². The zero-order chi connectivity index (χ0) is 9.54. The van der Waals surface area contributed by atoms with E-state index in [9.17, 15) is 0 Å². The van der Waals surface area contributed by atoms with Gasteiger partial charge in [-0.2, -0.15) is 0 Å². The predicted molar refractivity (Wildman–Crippen MR) is 56.0 cm³/mol. The molecular formula is C13H16O. The molecule has 0 radical (unpaired) electrons. The van der Waals surface area contributed by atoms with Crippen molar-refractivity contribution >= 4 is 0 Å². The molecule has 4 atom stereocenters. The summed E-state index contributed by atoms with van der Waals surface area (Å²) in [5.74, 6) is 3.16. The van der Waals surface area contributed by atoms with Gasteiger partial charge in [0.2, 0.25) is 0 Å². The van der Waals surface area contributed by atoms with Gasteiger partial charge in [-0.05, 0) is 42.1 Å². The maximum Gasteiger partial charge on any atom is 0.0462 e. The average molecular weight is 188 g/mol. The van der Waals surface area contributed by atoms with E-state index in [4.69, 9.17) is 5.11 Å². The van der Waals surface area contributed by atoms with E-state index in [0.717, 1.165) is 17.8 Å². The lowest BCUT2D eigenvalue weighted by atomic mass is 10.1. The topological polar surface area (TPSA) is 20.2 Å². The Labute approximate surface area is 84.8 Å². The molecule has 74 valence electrons. The third kappa shape index (κ3) is 1.36. The van der Waals surface area contributed by atoms with Gasteiger partial charge in [0.25, 0.3) is 0 Å². The standard InChI is InChI=1S/C13H16O/c14-8-10-6-11(10)13-7-12(13)9-4-2-1-3-5-9/h1-5,10-14H,6-8H2/t10-,11-,12-,13+/m0/s1. The number of aliphatic hydroxyl groups excluding tert-OH is 1. The number of hydrogen-bond acceptors (Lipinski definition) is 1. The van der Waals surface area contributed by atoms with Crippen LogP contribution in [0.5, 0.6) is 0 Å². The minimum Gasteiger partial charge on any atom is -0.396 e. The molecule has 0 bridgehead atoms. The first-order chi connectivity index (χ1) is 6.90. The van der Waals surface area contributed by atoms with E-state index < -0.39 is 0 Å². The Morgan fingerprint density at radius 1 is 1.07 bits per heavy atom. The van der Waals surface area contributed by atoms with Gasteiger partial charge in [-0.3, -0.25) is 0 Å². The molecular weight excluding hydrogens is 172 g/mol. The molecule has 1 aromatic carbocycles. The normalized spacial score (nSPS) is 39.5. The summed E-state index contributed by atoms with van der Waals surface area (Å²) in [5.41, 5.74) is 1.50. The van der Waals surface area contributed by atoms with E-state index in [1.165, 1.54) is 18.4 Å². The van der Waals surface area contributed by atoms with Gasteiger partial charge in [-0.25, -0.2) is 0 Å². The number of hydrogen-bond donors (Lipinski definition) is 1. The van der Waals surface area contributed by atoms with Crippen LogP contribution in [0.15, 0.2) is 30.3 Å². The first kappa shape index (κ1) is 8.49. The van der Waals surface area contributed by atoms with Gasteiger partial charge in [-0.1, -0.05) is 30.3 Å². The fourth-order valence-corrected chi connectivity index (χ4v) is 2.78. The number of aliphatic hydroxyl groups is 1. The van der Waals surface area contributed by atoms with Gasteiger partial charge in [0, 0.05) is 6.61 Å². The Balaban J connectivity index is 1.64. The van der Waals surface area contributed by atoms with Gasteiger partial charge in [0.05, 0.1) is 0 Å². The molecule has 14 heavy (non-hydrogen) atoms. The molecule has 0 spiro atoms. The summed E-state index contributed by atoms with van der Waals surface area (Å²) in [6.45, 7) is 0.405. The van der Waals surface area contributed by atoms with Crippen LogP contribution < -0.4 is 0 Å². The summed E-state index contributed by atoms with van der Waals surface area (Å²) in [7, 11) is 0. The van der Waals surface area contributed by atoms with Crippen LogP contribution >= 0.6 is 0 Å². The highest BCUT2D eigenvalue weighted by molar-refractivity contribution is 5.27. The second-order valence-corrected chi connectivity index (χ2v) is 4.76. The summed E-state index contributed by atoms with van der Waals surface area (Å²) in [6.07, 6.45) is 2.62. The van der Waals surface area contributed by atoms with E-state index >= 15 is 0 Å². The van der Waals surface area contributed by atoms with Crippen LogP contribution in [0.25, 0.3) is 0 Å². The fraction of sp³-hybridized carbons (Fsp3) is 0.538. The lowest BCUT2D eigenvalue weighted by Gasteiger charge is -1.98. The zero-order valence-corrected chi connectivity index (χ0v) is 8.26. The molecule has 0 amide bonds. The summed E-state index contributed by atoms with van der Waals surface area (Å²) in [4.78, 5) is 0. The largest absolute Gasteiger partial charge is 0.396 e. The van der Waals surface area contributed by atoms with Gasteiger partial charge in [-0.15, -0.1) is 0 Å². The van der Waals surface area contributed by atoms with Gasteiger partial charge in [0.1, 0.15) is 0 Å². The molecule has 1 aromatic rings. The average Bonchev–Trinajstić information content (AvgIpc) is 3.12. The van der Waals surface area contributed by atoms with E-state index in [0.29, 0.717) is 12.5 Å².